The van der Waals surface area contributed by atoms with Gasteiger partial charge in [0.25, 0.3) is 0 Å². The number of amides is 1. The first-order valence-corrected chi connectivity index (χ1v) is 11.8. The largest absolute Gasteiger partial charge is 0.433 e. The molecule has 1 aliphatic heterocycles. The summed E-state index contributed by atoms with van der Waals surface area (Å²) in [6.07, 6.45) is 3.03. The van der Waals surface area contributed by atoms with Crippen LogP contribution in [0, 0.1) is 15.9 Å². The Hall–Kier alpha value is -4.84. The topological polar surface area (TPSA) is 136 Å². The normalized spacial score (nSPS) is 13.7. The van der Waals surface area contributed by atoms with Gasteiger partial charge in [0, 0.05) is 42.8 Å². The minimum atomic E-state index is -0.627. The van der Waals surface area contributed by atoms with E-state index < -0.39 is 10.7 Å². The van der Waals surface area contributed by atoms with Crippen LogP contribution in [0.2, 0.25) is 0 Å². The number of furan rings is 1. The third-order valence-corrected chi connectivity index (χ3v) is 5.79. The smallest absolute Gasteiger partial charge is 0.401 e. The molecule has 1 saturated heterocycles. The lowest BCUT2D eigenvalue weighted by Crippen LogP contribution is -2.36. The molecule has 1 fully saturated rings. The van der Waals surface area contributed by atoms with Crippen LogP contribution >= 0.6 is 0 Å². The molecule has 2 N–H and O–H groups in total. The number of hydrogen-bond donors (Lipinski definition) is 2. The van der Waals surface area contributed by atoms with Gasteiger partial charge in [0.2, 0.25) is 5.91 Å². The van der Waals surface area contributed by atoms with Crippen molar-refractivity contribution < 1.29 is 23.3 Å². The highest BCUT2D eigenvalue weighted by Gasteiger charge is 2.19. The Balaban J connectivity index is 1.53. The van der Waals surface area contributed by atoms with Gasteiger partial charge in [-0.05, 0) is 48.6 Å². The Bertz CT molecular complexity index is 1530. The van der Waals surface area contributed by atoms with Crippen LogP contribution in [0.25, 0.3) is 23.1 Å². The summed E-state index contributed by atoms with van der Waals surface area (Å²) in [5, 5.41) is 17.5. The fourth-order valence-electron chi connectivity index (χ4n) is 4.04. The van der Waals surface area contributed by atoms with Crippen molar-refractivity contribution in [2.75, 3.05) is 41.8 Å². The molecule has 1 amide bonds. The van der Waals surface area contributed by atoms with Crippen molar-refractivity contribution in [3.63, 3.8) is 0 Å². The molecule has 2 aromatic heterocycles. The summed E-state index contributed by atoms with van der Waals surface area (Å²) in [6, 6.07) is 12.8. The van der Waals surface area contributed by atoms with Crippen LogP contribution in [0.4, 0.5) is 33.2 Å². The number of carbonyl (C=O) groups is 1. The second-order valence-corrected chi connectivity index (χ2v) is 8.50. The van der Waals surface area contributed by atoms with Crippen LogP contribution in [0.15, 0.2) is 52.9 Å². The van der Waals surface area contributed by atoms with Gasteiger partial charge in [0.15, 0.2) is 5.82 Å². The maximum atomic E-state index is 15.2. The van der Waals surface area contributed by atoms with E-state index in [1.807, 2.05) is 4.90 Å². The Labute approximate surface area is 216 Å². The molecule has 2 aromatic carbocycles. The monoisotopic (exact) mass is 518 g/mol. The van der Waals surface area contributed by atoms with Crippen molar-refractivity contribution in [1.29, 1.82) is 0 Å². The highest BCUT2D eigenvalue weighted by atomic mass is 19.1. The first-order chi connectivity index (χ1) is 18.4. The van der Waals surface area contributed by atoms with Gasteiger partial charge in [-0.25, -0.2) is 14.4 Å². The van der Waals surface area contributed by atoms with Crippen molar-refractivity contribution in [2.24, 2.45) is 0 Å². The fourth-order valence-corrected chi connectivity index (χ4v) is 4.04. The maximum Gasteiger partial charge on any atom is 0.433 e. The van der Waals surface area contributed by atoms with E-state index in [0.29, 0.717) is 60.1 Å². The summed E-state index contributed by atoms with van der Waals surface area (Å²) >= 11 is 0. The number of halogens is 1. The summed E-state index contributed by atoms with van der Waals surface area (Å²) in [7, 11) is 0. The average molecular weight is 519 g/mol. The first kappa shape index (κ1) is 24.8. The van der Waals surface area contributed by atoms with Gasteiger partial charge in [0.05, 0.1) is 30.5 Å². The lowest BCUT2D eigenvalue weighted by molar-refractivity contribution is -0.402. The van der Waals surface area contributed by atoms with Crippen molar-refractivity contribution in [3.8, 4) is 0 Å². The highest BCUT2D eigenvalue weighted by molar-refractivity contribution is 5.94. The number of rotatable bonds is 7. The Morgan fingerprint density at radius 3 is 2.50 bits per heavy atom. The number of nitrogens with zero attached hydrogens (tertiary/aromatic N) is 4. The number of benzene rings is 2. The molecule has 0 saturated carbocycles. The van der Waals surface area contributed by atoms with E-state index in [1.54, 1.807) is 30.3 Å². The second kappa shape index (κ2) is 10.6. The number of anilines is 4. The van der Waals surface area contributed by atoms with Crippen molar-refractivity contribution in [3.05, 3.63) is 76.0 Å². The minimum Gasteiger partial charge on any atom is -0.401 e. The number of carbonyl (C=O) groups excluding carboxylic acids is 1. The van der Waals surface area contributed by atoms with Crippen molar-refractivity contribution >= 4 is 57.7 Å². The van der Waals surface area contributed by atoms with Gasteiger partial charge in [-0.2, -0.15) is 0 Å². The third-order valence-electron chi connectivity index (χ3n) is 5.79. The number of aromatic nitrogens is 2. The van der Waals surface area contributed by atoms with Crippen LogP contribution in [0.1, 0.15) is 18.5 Å². The molecule has 4 aromatic rings. The van der Waals surface area contributed by atoms with E-state index in [2.05, 4.69) is 20.6 Å². The standard InChI is InChI=1S/C26H23FN6O5/c1-16(34)28-17-2-4-18(5-3-17)29-26-20-14-23(32-10-12-37-13-11-32)21(27)15-22(20)30-24(31-26)8-6-19-7-9-25(38-19)33(35)36/h2-9,14-15H,10-13H2,1H3,(H,28,34)(H,29,30,31)/b8-6+. The molecule has 12 heteroatoms. The van der Waals surface area contributed by atoms with Crippen molar-refractivity contribution in [1.82, 2.24) is 9.97 Å². The number of nitrogens with one attached hydrogen (secondary N) is 2. The fraction of sp³-hybridized carbons (Fsp3) is 0.192. The molecular weight excluding hydrogens is 495 g/mol. The number of ether oxygens (including phenoxy) is 1. The molecule has 0 unspecified atom stereocenters. The molecule has 1 aliphatic rings. The summed E-state index contributed by atoms with van der Waals surface area (Å²) in [5.74, 6) is -0.0535. The van der Waals surface area contributed by atoms with Crippen molar-refractivity contribution in [2.45, 2.75) is 6.92 Å². The lowest BCUT2D eigenvalue weighted by atomic mass is 10.1. The Kier molecular flexibility index (Phi) is 6.96. The number of morpholine rings is 1. The average Bonchev–Trinajstić information content (AvgIpc) is 3.38. The Morgan fingerprint density at radius 1 is 1.08 bits per heavy atom. The predicted molar refractivity (Wildman–Crippen MR) is 141 cm³/mol. The van der Waals surface area contributed by atoms with Gasteiger partial charge < -0.3 is 24.7 Å². The lowest BCUT2D eigenvalue weighted by Gasteiger charge is -2.29. The van der Waals surface area contributed by atoms with Gasteiger partial charge >= 0.3 is 5.88 Å². The van der Waals surface area contributed by atoms with Crippen LogP contribution in [-0.2, 0) is 9.53 Å². The molecular formula is C26H23FN6O5. The number of hydrogen-bond acceptors (Lipinski definition) is 9. The van der Waals surface area contributed by atoms with E-state index in [1.165, 1.54) is 37.3 Å². The number of fused-ring (bicyclic) bond motifs is 1. The summed E-state index contributed by atoms with van der Waals surface area (Å²) in [4.78, 5) is 32.6. The molecule has 11 nitrogen and oxygen atoms in total. The molecule has 0 atom stereocenters. The summed E-state index contributed by atoms with van der Waals surface area (Å²) in [6.45, 7) is 3.57. The zero-order valence-electron chi connectivity index (χ0n) is 20.3. The van der Waals surface area contributed by atoms with E-state index in [-0.39, 0.29) is 23.4 Å². The summed E-state index contributed by atoms with van der Waals surface area (Å²) in [5.41, 5.74) is 2.13. The van der Waals surface area contributed by atoms with Gasteiger partial charge in [0.1, 0.15) is 22.3 Å². The van der Waals surface area contributed by atoms with Crippen LogP contribution in [0.3, 0.4) is 0 Å². The third kappa shape index (κ3) is 5.60. The van der Waals surface area contributed by atoms with E-state index in [9.17, 15) is 14.9 Å². The minimum absolute atomic E-state index is 0.177. The number of nitro groups is 1. The summed E-state index contributed by atoms with van der Waals surface area (Å²) < 4.78 is 25.7. The molecule has 38 heavy (non-hydrogen) atoms. The SMILES string of the molecule is CC(=O)Nc1ccc(Nc2nc(/C=C/c3ccc([N+](=O)[O-])o3)nc3cc(F)c(N4CCOCC4)cc23)cc1. The molecule has 0 radical (unpaired) electrons. The zero-order valence-corrected chi connectivity index (χ0v) is 20.3. The van der Waals surface area contributed by atoms with Gasteiger partial charge in [-0.1, -0.05) is 0 Å². The first-order valence-electron chi connectivity index (χ1n) is 11.8. The van der Waals surface area contributed by atoms with E-state index >= 15 is 4.39 Å². The predicted octanol–water partition coefficient (Wildman–Crippen LogP) is 4.98. The molecule has 194 valence electrons. The van der Waals surface area contributed by atoms with E-state index in [0.717, 1.165) is 0 Å². The van der Waals surface area contributed by atoms with Crippen LogP contribution in [-0.4, -0.2) is 47.1 Å². The molecule has 0 spiro atoms. The van der Waals surface area contributed by atoms with Crippen LogP contribution in [0.5, 0.6) is 0 Å². The Morgan fingerprint density at radius 2 is 1.82 bits per heavy atom. The molecule has 3 heterocycles. The zero-order chi connectivity index (χ0) is 26.6. The molecule has 5 rings (SSSR count). The maximum absolute atomic E-state index is 15.2. The molecule has 0 bridgehead atoms. The van der Waals surface area contributed by atoms with Crippen LogP contribution < -0.4 is 15.5 Å². The molecule has 0 aliphatic carbocycles. The second-order valence-electron chi connectivity index (χ2n) is 8.50. The quantitative estimate of drug-likeness (QED) is 0.256. The highest BCUT2D eigenvalue weighted by Crippen LogP contribution is 2.32. The van der Waals surface area contributed by atoms with E-state index in [4.69, 9.17) is 9.15 Å². The van der Waals surface area contributed by atoms with Gasteiger partial charge in [-0.15, -0.1) is 0 Å². The van der Waals surface area contributed by atoms with Gasteiger partial charge in [-0.3, -0.25) is 14.9 Å².